The van der Waals surface area contributed by atoms with Crippen LogP contribution in [0.5, 0.6) is 0 Å². The zero-order valence-electron chi connectivity index (χ0n) is 14.4. The predicted molar refractivity (Wildman–Crippen MR) is 90.6 cm³/mol. The van der Waals surface area contributed by atoms with Crippen LogP contribution in [-0.2, 0) is 9.31 Å². The molecule has 1 saturated carbocycles. The molecule has 0 amide bonds. The minimum absolute atomic E-state index is 0.313. The molecule has 22 heavy (non-hydrogen) atoms. The van der Waals surface area contributed by atoms with E-state index in [9.17, 15) is 0 Å². The molecule has 0 atom stereocenters. The molecule has 1 aliphatic carbocycles. The van der Waals surface area contributed by atoms with Gasteiger partial charge in [-0.2, -0.15) is 0 Å². The first-order valence-corrected chi connectivity index (χ1v) is 8.37. The lowest BCUT2D eigenvalue weighted by atomic mass is 9.80. The Hall–Kier alpha value is -1.07. The molecule has 1 N–H and O–H groups in total. The van der Waals surface area contributed by atoms with Crippen LogP contribution in [0.1, 0.15) is 58.9 Å². The Morgan fingerprint density at radius 1 is 1.14 bits per heavy atom. The van der Waals surface area contributed by atoms with Crippen molar-refractivity contribution in [2.75, 3.05) is 5.32 Å². The van der Waals surface area contributed by atoms with Gasteiger partial charge in [-0.3, -0.25) is 0 Å². The van der Waals surface area contributed by atoms with Gasteiger partial charge in [-0.25, -0.2) is 4.98 Å². The lowest BCUT2D eigenvalue weighted by Crippen LogP contribution is -2.41. The van der Waals surface area contributed by atoms with Gasteiger partial charge in [-0.05, 0) is 53.0 Å². The number of hydrogen-bond donors (Lipinski definition) is 1. The molecule has 2 fully saturated rings. The van der Waals surface area contributed by atoms with Crippen molar-refractivity contribution in [3.63, 3.8) is 0 Å². The number of aryl methyl sites for hydroxylation is 1. The van der Waals surface area contributed by atoms with E-state index >= 15 is 0 Å². The molecule has 0 aromatic carbocycles. The first kappa shape index (κ1) is 15.8. The highest BCUT2D eigenvalue weighted by Gasteiger charge is 2.51. The molecule has 2 heterocycles. The first-order chi connectivity index (χ1) is 10.3. The molecule has 0 bridgehead atoms. The molecule has 3 rings (SSSR count). The maximum Gasteiger partial charge on any atom is 0.496 e. The molecule has 1 aliphatic heterocycles. The quantitative estimate of drug-likeness (QED) is 0.872. The molecule has 5 heteroatoms. The summed E-state index contributed by atoms with van der Waals surface area (Å²) < 4.78 is 12.2. The summed E-state index contributed by atoms with van der Waals surface area (Å²) in [5.41, 5.74) is 1.52. The molecule has 1 aromatic rings. The lowest BCUT2D eigenvalue weighted by Gasteiger charge is -2.32. The van der Waals surface area contributed by atoms with Gasteiger partial charge in [-0.1, -0.05) is 18.9 Å². The van der Waals surface area contributed by atoms with Crippen LogP contribution in [0.25, 0.3) is 0 Å². The molecule has 1 aromatic heterocycles. The largest absolute Gasteiger partial charge is 0.496 e. The Balaban J connectivity index is 1.75. The van der Waals surface area contributed by atoms with Crippen LogP contribution in [0, 0.1) is 6.92 Å². The van der Waals surface area contributed by atoms with E-state index in [0.29, 0.717) is 6.04 Å². The normalized spacial score (nSPS) is 24.0. The van der Waals surface area contributed by atoms with Crippen LogP contribution in [-0.4, -0.2) is 29.3 Å². The Labute approximate surface area is 134 Å². The van der Waals surface area contributed by atoms with Crippen molar-refractivity contribution in [2.24, 2.45) is 0 Å². The van der Waals surface area contributed by atoms with Crippen molar-refractivity contribution in [1.29, 1.82) is 0 Å². The van der Waals surface area contributed by atoms with E-state index in [1.807, 2.05) is 6.20 Å². The summed E-state index contributed by atoms with van der Waals surface area (Å²) in [5.74, 6) is 0.993. The van der Waals surface area contributed by atoms with Crippen LogP contribution in [0.15, 0.2) is 12.3 Å². The number of pyridine rings is 1. The monoisotopic (exact) mass is 302 g/mol. The highest BCUT2D eigenvalue weighted by molar-refractivity contribution is 6.62. The Morgan fingerprint density at radius 3 is 2.27 bits per heavy atom. The van der Waals surface area contributed by atoms with E-state index in [-0.39, 0.29) is 18.3 Å². The minimum Gasteiger partial charge on any atom is -0.399 e. The maximum absolute atomic E-state index is 6.10. The van der Waals surface area contributed by atoms with Crippen molar-refractivity contribution < 1.29 is 9.31 Å². The summed E-state index contributed by atoms with van der Waals surface area (Å²) in [6.07, 6.45) is 7.03. The molecular formula is C17H27BN2O2. The van der Waals surface area contributed by atoms with Gasteiger partial charge < -0.3 is 14.6 Å². The third-order valence-electron chi connectivity index (χ3n) is 5.32. The average molecular weight is 302 g/mol. The van der Waals surface area contributed by atoms with Crippen molar-refractivity contribution in [2.45, 2.75) is 77.5 Å². The fraction of sp³-hybridized carbons (Fsp3) is 0.706. The standard InChI is InChI=1S/C17H27BN2O2/c1-12-10-13(18-21-16(2,3)17(4,5)22-18)11-19-15(12)20-14-8-6-7-9-14/h10-11,14H,6-9H2,1-5H3,(H,19,20). The van der Waals surface area contributed by atoms with Gasteiger partial charge >= 0.3 is 7.12 Å². The summed E-state index contributed by atoms with van der Waals surface area (Å²) in [6, 6.07) is 2.71. The molecule has 0 unspecified atom stereocenters. The molecule has 1 saturated heterocycles. The Bertz CT molecular complexity index is 538. The maximum atomic E-state index is 6.10. The van der Waals surface area contributed by atoms with Gasteiger partial charge in [-0.15, -0.1) is 0 Å². The summed E-state index contributed by atoms with van der Waals surface area (Å²) >= 11 is 0. The molecule has 120 valence electrons. The van der Waals surface area contributed by atoms with E-state index in [0.717, 1.165) is 16.8 Å². The summed E-state index contributed by atoms with van der Waals surface area (Å²) in [6.45, 7) is 10.4. The molecule has 2 aliphatic rings. The topological polar surface area (TPSA) is 43.4 Å². The van der Waals surface area contributed by atoms with Gasteiger partial charge in [0.1, 0.15) is 5.82 Å². The van der Waals surface area contributed by atoms with Crippen LogP contribution < -0.4 is 10.8 Å². The highest BCUT2D eigenvalue weighted by Crippen LogP contribution is 2.36. The second-order valence-electron chi connectivity index (χ2n) is 7.65. The number of aromatic nitrogens is 1. The van der Waals surface area contributed by atoms with E-state index in [2.05, 4.69) is 51.0 Å². The van der Waals surface area contributed by atoms with Gasteiger partial charge in [0.25, 0.3) is 0 Å². The number of nitrogens with zero attached hydrogens (tertiary/aromatic N) is 1. The number of anilines is 1. The molecule has 4 nitrogen and oxygen atoms in total. The molecule has 0 radical (unpaired) electrons. The van der Waals surface area contributed by atoms with Crippen LogP contribution in [0.3, 0.4) is 0 Å². The predicted octanol–water partition coefficient (Wildman–Crippen LogP) is 3.04. The van der Waals surface area contributed by atoms with E-state index in [1.54, 1.807) is 0 Å². The van der Waals surface area contributed by atoms with E-state index in [4.69, 9.17) is 9.31 Å². The Kier molecular flexibility index (Phi) is 3.98. The summed E-state index contributed by atoms with van der Waals surface area (Å²) in [5, 5.41) is 3.57. The molecular weight excluding hydrogens is 275 g/mol. The van der Waals surface area contributed by atoms with Gasteiger partial charge in [0.15, 0.2) is 0 Å². The summed E-state index contributed by atoms with van der Waals surface area (Å²) in [7, 11) is -0.336. The van der Waals surface area contributed by atoms with Gasteiger partial charge in [0.2, 0.25) is 0 Å². The fourth-order valence-corrected chi connectivity index (χ4v) is 3.12. The zero-order chi connectivity index (χ0) is 16.0. The smallest absolute Gasteiger partial charge is 0.399 e. The number of rotatable bonds is 3. The second-order valence-corrected chi connectivity index (χ2v) is 7.65. The highest BCUT2D eigenvalue weighted by atomic mass is 16.7. The van der Waals surface area contributed by atoms with Crippen molar-refractivity contribution in [3.8, 4) is 0 Å². The van der Waals surface area contributed by atoms with E-state index < -0.39 is 0 Å². The van der Waals surface area contributed by atoms with Crippen LogP contribution >= 0.6 is 0 Å². The van der Waals surface area contributed by atoms with E-state index in [1.165, 1.54) is 25.7 Å². The fourth-order valence-electron chi connectivity index (χ4n) is 3.12. The van der Waals surface area contributed by atoms with Crippen molar-refractivity contribution in [1.82, 2.24) is 4.98 Å². The first-order valence-electron chi connectivity index (χ1n) is 8.37. The third-order valence-corrected chi connectivity index (χ3v) is 5.32. The number of nitrogens with one attached hydrogen (secondary N) is 1. The lowest BCUT2D eigenvalue weighted by molar-refractivity contribution is 0.00578. The van der Waals surface area contributed by atoms with Crippen LogP contribution in [0.4, 0.5) is 5.82 Å². The van der Waals surface area contributed by atoms with Crippen LogP contribution in [0.2, 0.25) is 0 Å². The average Bonchev–Trinajstić information content (AvgIpc) is 2.99. The Morgan fingerprint density at radius 2 is 1.73 bits per heavy atom. The van der Waals surface area contributed by atoms with Gasteiger partial charge in [0.05, 0.1) is 11.2 Å². The number of hydrogen-bond acceptors (Lipinski definition) is 4. The third kappa shape index (κ3) is 2.89. The van der Waals surface area contributed by atoms with Crippen molar-refractivity contribution in [3.05, 3.63) is 17.8 Å². The second kappa shape index (κ2) is 5.53. The summed E-state index contributed by atoms with van der Waals surface area (Å²) in [4.78, 5) is 4.61. The minimum atomic E-state index is -0.336. The molecule has 0 spiro atoms. The zero-order valence-corrected chi connectivity index (χ0v) is 14.4. The van der Waals surface area contributed by atoms with Crippen molar-refractivity contribution >= 4 is 18.4 Å². The van der Waals surface area contributed by atoms with Gasteiger partial charge in [0, 0.05) is 17.7 Å². The SMILES string of the molecule is Cc1cc(B2OC(C)(C)C(C)(C)O2)cnc1NC1CCCC1.